The summed E-state index contributed by atoms with van der Waals surface area (Å²) in [6.07, 6.45) is 3.56. The van der Waals surface area contributed by atoms with E-state index < -0.39 is 0 Å². The number of rotatable bonds is 4. The molecular formula is C16H26N2O. The highest BCUT2D eigenvalue weighted by molar-refractivity contribution is 5.60. The third-order valence-corrected chi connectivity index (χ3v) is 4.23. The highest BCUT2D eigenvalue weighted by atomic mass is 16.5. The smallest absolute Gasteiger partial charge is 0.142 e. The van der Waals surface area contributed by atoms with E-state index in [1.165, 1.54) is 18.5 Å². The fourth-order valence-corrected chi connectivity index (χ4v) is 3.31. The summed E-state index contributed by atoms with van der Waals surface area (Å²) in [7, 11) is 1.74. The SMILES string of the molecule is COc1ccccc1N1CCC(CCN)CC1(C)C. The highest BCUT2D eigenvalue weighted by Crippen LogP contribution is 2.40. The van der Waals surface area contributed by atoms with Crippen LogP contribution in [0.3, 0.4) is 0 Å². The first-order chi connectivity index (χ1) is 9.08. The average Bonchev–Trinajstić information content (AvgIpc) is 2.38. The Morgan fingerprint density at radius 2 is 2.11 bits per heavy atom. The molecule has 106 valence electrons. The van der Waals surface area contributed by atoms with E-state index in [1.807, 2.05) is 12.1 Å². The van der Waals surface area contributed by atoms with Crippen LogP contribution in [0.1, 0.15) is 33.1 Å². The Labute approximate surface area is 116 Å². The Morgan fingerprint density at radius 3 is 2.74 bits per heavy atom. The molecule has 19 heavy (non-hydrogen) atoms. The molecule has 1 heterocycles. The minimum Gasteiger partial charge on any atom is -0.495 e. The maximum Gasteiger partial charge on any atom is 0.142 e. The lowest BCUT2D eigenvalue weighted by Crippen LogP contribution is -2.50. The molecule has 0 amide bonds. The van der Waals surface area contributed by atoms with Crippen molar-refractivity contribution >= 4 is 5.69 Å². The molecule has 0 spiro atoms. The number of benzene rings is 1. The molecule has 3 nitrogen and oxygen atoms in total. The molecule has 0 radical (unpaired) electrons. The van der Waals surface area contributed by atoms with E-state index in [4.69, 9.17) is 10.5 Å². The van der Waals surface area contributed by atoms with E-state index in [-0.39, 0.29) is 5.54 Å². The maximum atomic E-state index is 5.71. The van der Waals surface area contributed by atoms with Crippen molar-refractivity contribution in [2.75, 3.05) is 25.1 Å². The van der Waals surface area contributed by atoms with Crippen LogP contribution in [0, 0.1) is 5.92 Å². The molecule has 1 aliphatic rings. The Bertz CT molecular complexity index is 417. The fraction of sp³-hybridized carbons (Fsp3) is 0.625. The number of hydrogen-bond acceptors (Lipinski definition) is 3. The summed E-state index contributed by atoms with van der Waals surface area (Å²) in [5, 5.41) is 0. The monoisotopic (exact) mass is 262 g/mol. The summed E-state index contributed by atoms with van der Waals surface area (Å²) in [6, 6.07) is 8.30. The number of anilines is 1. The molecule has 1 unspecified atom stereocenters. The van der Waals surface area contributed by atoms with Crippen molar-refractivity contribution < 1.29 is 4.74 Å². The summed E-state index contributed by atoms with van der Waals surface area (Å²) in [4.78, 5) is 2.48. The van der Waals surface area contributed by atoms with E-state index in [0.29, 0.717) is 0 Å². The van der Waals surface area contributed by atoms with Crippen LogP contribution in [0.2, 0.25) is 0 Å². The quantitative estimate of drug-likeness (QED) is 0.906. The number of methoxy groups -OCH3 is 1. The number of ether oxygens (including phenoxy) is 1. The molecule has 1 saturated heterocycles. The number of nitrogens with zero attached hydrogens (tertiary/aromatic N) is 1. The fourth-order valence-electron chi connectivity index (χ4n) is 3.31. The van der Waals surface area contributed by atoms with E-state index in [2.05, 4.69) is 30.9 Å². The summed E-state index contributed by atoms with van der Waals surface area (Å²) in [5.74, 6) is 1.72. The van der Waals surface area contributed by atoms with Gasteiger partial charge < -0.3 is 15.4 Å². The third kappa shape index (κ3) is 3.03. The van der Waals surface area contributed by atoms with Crippen LogP contribution >= 0.6 is 0 Å². The normalized spacial score (nSPS) is 22.3. The van der Waals surface area contributed by atoms with Gasteiger partial charge in [-0.3, -0.25) is 0 Å². The molecule has 0 aliphatic carbocycles. The predicted octanol–water partition coefficient (Wildman–Crippen LogP) is 3.04. The molecule has 2 rings (SSSR count). The van der Waals surface area contributed by atoms with Crippen molar-refractivity contribution in [3.05, 3.63) is 24.3 Å². The first-order valence-electron chi connectivity index (χ1n) is 7.19. The topological polar surface area (TPSA) is 38.5 Å². The van der Waals surface area contributed by atoms with Crippen LogP contribution in [0.4, 0.5) is 5.69 Å². The van der Waals surface area contributed by atoms with Crippen LogP contribution in [0.25, 0.3) is 0 Å². The van der Waals surface area contributed by atoms with Crippen LogP contribution in [-0.4, -0.2) is 25.7 Å². The van der Waals surface area contributed by atoms with Crippen LogP contribution in [-0.2, 0) is 0 Å². The minimum absolute atomic E-state index is 0.159. The van der Waals surface area contributed by atoms with Gasteiger partial charge >= 0.3 is 0 Å². The van der Waals surface area contributed by atoms with Crippen molar-refractivity contribution in [3.63, 3.8) is 0 Å². The number of piperidine rings is 1. The molecule has 2 N–H and O–H groups in total. The average molecular weight is 262 g/mol. The number of nitrogens with two attached hydrogens (primary N) is 1. The lowest BCUT2D eigenvalue weighted by molar-refractivity contribution is 0.262. The maximum absolute atomic E-state index is 5.71. The van der Waals surface area contributed by atoms with Crippen molar-refractivity contribution in [2.24, 2.45) is 11.7 Å². The van der Waals surface area contributed by atoms with E-state index in [1.54, 1.807) is 7.11 Å². The highest BCUT2D eigenvalue weighted by Gasteiger charge is 2.35. The second kappa shape index (κ2) is 5.83. The molecule has 1 aromatic rings. The van der Waals surface area contributed by atoms with Gasteiger partial charge in [0, 0.05) is 12.1 Å². The van der Waals surface area contributed by atoms with Gasteiger partial charge in [-0.05, 0) is 57.7 Å². The first kappa shape index (κ1) is 14.2. The van der Waals surface area contributed by atoms with E-state index in [9.17, 15) is 0 Å². The molecule has 1 fully saturated rings. The van der Waals surface area contributed by atoms with Crippen molar-refractivity contribution in [2.45, 2.75) is 38.6 Å². The van der Waals surface area contributed by atoms with Gasteiger partial charge in [0.15, 0.2) is 0 Å². The van der Waals surface area contributed by atoms with E-state index in [0.717, 1.165) is 31.2 Å². The molecule has 1 aliphatic heterocycles. The summed E-state index contributed by atoms with van der Waals surface area (Å²) < 4.78 is 5.50. The number of para-hydroxylation sites is 2. The Kier molecular flexibility index (Phi) is 4.35. The van der Waals surface area contributed by atoms with Gasteiger partial charge in [-0.25, -0.2) is 0 Å². The zero-order valence-electron chi connectivity index (χ0n) is 12.4. The predicted molar refractivity (Wildman–Crippen MR) is 80.8 cm³/mol. The number of hydrogen-bond donors (Lipinski definition) is 1. The second-order valence-corrected chi connectivity index (χ2v) is 6.07. The Hall–Kier alpha value is -1.22. The molecule has 0 bridgehead atoms. The lowest BCUT2D eigenvalue weighted by atomic mass is 9.80. The van der Waals surface area contributed by atoms with Crippen molar-refractivity contribution in [1.29, 1.82) is 0 Å². The summed E-state index contributed by atoms with van der Waals surface area (Å²) >= 11 is 0. The van der Waals surface area contributed by atoms with Crippen LogP contribution < -0.4 is 15.4 Å². The first-order valence-corrected chi connectivity index (χ1v) is 7.19. The molecule has 0 saturated carbocycles. The van der Waals surface area contributed by atoms with Crippen LogP contribution in [0.5, 0.6) is 5.75 Å². The van der Waals surface area contributed by atoms with Gasteiger partial charge in [-0.1, -0.05) is 12.1 Å². The molecule has 1 atom stereocenters. The summed E-state index contributed by atoms with van der Waals surface area (Å²) in [5.41, 5.74) is 7.07. The zero-order valence-corrected chi connectivity index (χ0v) is 12.4. The van der Waals surface area contributed by atoms with Gasteiger partial charge in [0.2, 0.25) is 0 Å². The Balaban J connectivity index is 2.21. The van der Waals surface area contributed by atoms with Crippen LogP contribution in [0.15, 0.2) is 24.3 Å². The molecular weight excluding hydrogens is 236 g/mol. The minimum atomic E-state index is 0.159. The van der Waals surface area contributed by atoms with Gasteiger partial charge in [-0.15, -0.1) is 0 Å². The molecule has 3 heteroatoms. The Morgan fingerprint density at radius 1 is 1.37 bits per heavy atom. The molecule has 1 aromatic carbocycles. The standard InChI is InChI=1S/C16H26N2O/c1-16(2)12-13(8-10-17)9-11-18(16)14-6-4-5-7-15(14)19-3/h4-7,13H,8-12,17H2,1-3H3. The van der Waals surface area contributed by atoms with Gasteiger partial charge in [-0.2, -0.15) is 0 Å². The van der Waals surface area contributed by atoms with Crippen molar-refractivity contribution in [3.8, 4) is 5.75 Å². The lowest BCUT2D eigenvalue weighted by Gasteiger charge is -2.47. The zero-order chi connectivity index (χ0) is 13.9. The molecule has 0 aromatic heterocycles. The largest absolute Gasteiger partial charge is 0.495 e. The van der Waals surface area contributed by atoms with Gasteiger partial charge in [0.25, 0.3) is 0 Å². The van der Waals surface area contributed by atoms with Gasteiger partial charge in [0.1, 0.15) is 5.75 Å². The van der Waals surface area contributed by atoms with Crippen molar-refractivity contribution in [1.82, 2.24) is 0 Å². The second-order valence-electron chi connectivity index (χ2n) is 6.07. The van der Waals surface area contributed by atoms with E-state index >= 15 is 0 Å². The van der Waals surface area contributed by atoms with Gasteiger partial charge in [0.05, 0.1) is 12.8 Å². The third-order valence-electron chi connectivity index (χ3n) is 4.23. The summed E-state index contributed by atoms with van der Waals surface area (Å²) in [6.45, 7) is 6.53.